The number of methoxy groups -OCH3 is 1. The Hall–Kier alpha value is -1.42. The number of nitrogens with zero attached hydrogens (tertiary/aromatic N) is 1. The summed E-state index contributed by atoms with van der Waals surface area (Å²) in [5.74, 6) is 0. The zero-order valence-electron chi connectivity index (χ0n) is 9.40. The van der Waals surface area contributed by atoms with E-state index >= 15 is 0 Å². The van der Waals surface area contributed by atoms with Gasteiger partial charge in [-0.05, 0) is 31.9 Å². The molecule has 0 saturated heterocycles. The van der Waals surface area contributed by atoms with Crippen LogP contribution < -0.4 is 0 Å². The Morgan fingerprint density at radius 3 is 2.47 bits per heavy atom. The van der Waals surface area contributed by atoms with Gasteiger partial charge in [-0.3, -0.25) is 10.1 Å². The minimum atomic E-state index is -0.353. The number of hydrogen-bond acceptors (Lipinski definition) is 3. The summed E-state index contributed by atoms with van der Waals surface area (Å²) in [4.78, 5) is 10.4. The maximum absolute atomic E-state index is 10.8. The molecule has 0 bridgehead atoms. The Bertz CT molecular complexity index is 388. The molecule has 15 heavy (non-hydrogen) atoms. The van der Waals surface area contributed by atoms with Crippen LogP contribution in [0.2, 0.25) is 0 Å². The first-order valence-corrected chi connectivity index (χ1v) is 4.75. The minimum Gasteiger partial charge on any atom is -0.377 e. The van der Waals surface area contributed by atoms with E-state index < -0.39 is 0 Å². The molecule has 4 nitrogen and oxygen atoms in total. The number of hydrogen-bond donors (Lipinski definition) is 0. The summed E-state index contributed by atoms with van der Waals surface area (Å²) in [5, 5.41) is 10.8. The fourth-order valence-electron chi connectivity index (χ4n) is 1.43. The van der Waals surface area contributed by atoms with Crippen molar-refractivity contribution in [3.63, 3.8) is 0 Å². The molecule has 0 spiro atoms. The highest BCUT2D eigenvalue weighted by Crippen LogP contribution is 2.27. The summed E-state index contributed by atoms with van der Waals surface area (Å²) in [6.45, 7) is 5.50. The van der Waals surface area contributed by atoms with Crippen LogP contribution in [0.4, 0.5) is 5.69 Å². The van der Waals surface area contributed by atoms with Crippen molar-refractivity contribution in [3.8, 4) is 0 Å². The molecule has 0 saturated carbocycles. The van der Waals surface area contributed by atoms with Crippen LogP contribution in [0.5, 0.6) is 0 Å². The lowest BCUT2D eigenvalue weighted by atomic mass is 10.0. The Morgan fingerprint density at radius 2 is 2.00 bits per heavy atom. The first-order valence-electron chi connectivity index (χ1n) is 4.75. The molecule has 1 rings (SSSR count). The Balaban J connectivity index is 3.29. The van der Waals surface area contributed by atoms with Gasteiger partial charge in [-0.1, -0.05) is 6.07 Å². The molecule has 0 aromatic heterocycles. The normalized spacial score (nSPS) is 12.5. The molecule has 4 heteroatoms. The molecule has 0 N–H and O–H groups in total. The van der Waals surface area contributed by atoms with Crippen LogP contribution in [0.1, 0.15) is 29.7 Å². The number of aryl methyl sites for hydroxylation is 1. The second kappa shape index (κ2) is 4.40. The van der Waals surface area contributed by atoms with E-state index in [1.165, 1.54) is 0 Å². The minimum absolute atomic E-state index is 0.122. The lowest BCUT2D eigenvalue weighted by Gasteiger charge is -2.12. The van der Waals surface area contributed by atoms with E-state index in [1.54, 1.807) is 20.1 Å². The molecular formula is C11H15NO3. The zero-order valence-corrected chi connectivity index (χ0v) is 9.40. The Morgan fingerprint density at radius 1 is 1.40 bits per heavy atom. The molecule has 0 amide bonds. The monoisotopic (exact) mass is 209 g/mol. The fraction of sp³-hybridized carbons (Fsp3) is 0.455. The van der Waals surface area contributed by atoms with Gasteiger partial charge in [0.2, 0.25) is 0 Å². The highest BCUT2D eigenvalue weighted by molar-refractivity contribution is 5.47. The molecule has 1 atom stereocenters. The van der Waals surface area contributed by atoms with Gasteiger partial charge >= 0.3 is 0 Å². The first kappa shape index (κ1) is 11.7. The highest BCUT2D eigenvalue weighted by atomic mass is 16.6. The average Bonchev–Trinajstić information content (AvgIpc) is 2.20. The van der Waals surface area contributed by atoms with Gasteiger partial charge in [-0.2, -0.15) is 0 Å². The van der Waals surface area contributed by atoms with Crippen LogP contribution in [0, 0.1) is 24.0 Å². The summed E-state index contributed by atoms with van der Waals surface area (Å²) in [6, 6.07) is 3.51. The zero-order chi connectivity index (χ0) is 11.6. The standard InChI is InChI=1S/C11H15NO3/c1-7-5-10(9(3)15-4)6-11(8(7)2)12(13)14/h5-6,9H,1-4H3. The van der Waals surface area contributed by atoms with E-state index in [0.29, 0.717) is 5.56 Å². The van der Waals surface area contributed by atoms with E-state index in [-0.39, 0.29) is 16.7 Å². The van der Waals surface area contributed by atoms with Gasteiger partial charge in [0, 0.05) is 18.7 Å². The Labute approximate surface area is 89.0 Å². The van der Waals surface area contributed by atoms with Crippen molar-refractivity contribution in [3.05, 3.63) is 38.9 Å². The third kappa shape index (κ3) is 2.33. The third-order valence-corrected chi connectivity index (χ3v) is 2.68. The van der Waals surface area contributed by atoms with Crippen LogP contribution in [-0.2, 0) is 4.74 Å². The SMILES string of the molecule is COC(C)c1cc(C)c(C)c([N+](=O)[O-])c1. The van der Waals surface area contributed by atoms with E-state index in [1.807, 2.05) is 19.9 Å². The van der Waals surface area contributed by atoms with Crippen molar-refractivity contribution >= 4 is 5.69 Å². The molecular weight excluding hydrogens is 194 g/mol. The second-order valence-corrected chi connectivity index (χ2v) is 3.62. The van der Waals surface area contributed by atoms with Crippen molar-refractivity contribution in [2.45, 2.75) is 26.9 Å². The van der Waals surface area contributed by atoms with Crippen LogP contribution >= 0.6 is 0 Å². The molecule has 0 fully saturated rings. The molecule has 82 valence electrons. The predicted molar refractivity (Wildman–Crippen MR) is 58.0 cm³/mol. The van der Waals surface area contributed by atoms with Crippen LogP contribution in [0.15, 0.2) is 12.1 Å². The molecule has 1 aromatic rings. The lowest BCUT2D eigenvalue weighted by molar-refractivity contribution is -0.385. The topological polar surface area (TPSA) is 52.4 Å². The van der Waals surface area contributed by atoms with Gasteiger partial charge in [-0.25, -0.2) is 0 Å². The highest BCUT2D eigenvalue weighted by Gasteiger charge is 2.16. The van der Waals surface area contributed by atoms with Crippen LogP contribution in [0.3, 0.4) is 0 Å². The summed E-state index contributed by atoms with van der Waals surface area (Å²) >= 11 is 0. The van der Waals surface area contributed by atoms with Crippen LogP contribution in [-0.4, -0.2) is 12.0 Å². The number of nitro benzene ring substituents is 1. The summed E-state index contributed by atoms with van der Waals surface area (Å²) in [5.41, 5.74) is 2.64. The van der Waals surface area contributed by atoms with Crippen molar-refractivity contribution in [1.82, 2.24) is 0 Å². The number of benzene rings is 1. The molecule has 0 aliphatic carbocycles. The predicted octanol–water partition coefficient (Wildman–Crippen LogP) is 2.92. The van der Waals surface area contributed by atoms with Crippen molar-refractivity contribution in [1.29, 1.82) is 0 Å². The summed E-state index contributed by atoms with van der Waals surface area (Å²) in [7, 11) is 1.59. The second-order valence-electron chi connectivity index (χ2n) is 3.62. The number of nitro groups is 1. The third-order valence-electron chi connectivity index (χ3n) is 2.68. The quantitative estimate of drug-likeness (QED) is 0.568. The first-order chi connectivity index (χ1) is 6.97. The number of ether oxygens (including phenoxy) is 1. The molecule has 1 aromatic carbocycles. The van der Waals surface area contributed by atoms with Crippen LogP contribution in [0.25, 0.3) is 0 Å². The van der Waals surface area contributed by atoms with Crippen molar-refractivity contribution in [2.24, 2.45) is 0 Å². The van der Waals surface area contributed by atoms with Crippen molar-refractivity contribution in [2.75, 3.05) is 7.11 Å². The molecule has 0 heterocycles. The number of rotatable bonds is 3. The molecule has 1 unspecified atom stereocenters. The van der Waals surface area contributed by atoms with E-state index in [4.69, 9.17) is 4.74 Å². The van der Waals surface area contributed by atoms with Gasteiger partial charge in [0.25, 0.3) is 5.69 Å². The van der Waals surface area contributed by atoms with Crippen molar-refractivity contribution < 1.29 is 9.66 Å². The van der Waals surface area contributed by atoms with Gasteiger partial charge in [0.1, 0.15) is 0 Å². The maximum atomic E-state index is 10.8. The van der Waals surface area contributed by atoms with Gasteiger partial charge in [0.15, 0.2) is 0 Å². The largest absolute Gasteiger partial charge is 0.377 e. The summed E-state index contributed by atoms with van der Waals surface area (Å²) < 4.78 is 5.14. The van der Waals surface area contributed by atoms with Gasteiger partial charge < -0.3 is 4.74 Å². The van der Waals surface area contributed by atoms with Gasteiger partial charge in [0.05, 0.1) is 11.0 Å². The maximum Gasteiger partial charge on any atom is 0.272 e. The van der Waals surface area contributed by atoms with Gasteiger partial charge in [-0.15, -0.1) is 0 Å². The summed E-state index contributed by atoms with van der Waals surface area (Å²) in [6.07, 6.45) is -0.122. The average molecular weight is 209 g/mol. The molecule has 0 radical (unpaired) electrons. The Kier molecular flexibility index (Phi) is 3.42. The lowest BCUT2D eigenvalue weighted by Crippen LogP contribution is -2.01. The van der Waals surface area contributed by atoms with E-state index in [9.17, 15) is 10.1 Å². The smallest absolute Gasteiger partial charge is 0.272 e. The van der Waals surface area contributed by atoms with E-state index in [2.05, 4.69) is 0 Å². The van der Waals surface area contributed by atoms with E-state index in [0.717, 1.165) is 11.1 Å². The molecule has 0 aliphatic heterocycles. The molecule has 0 aliphatic rings. The fourth-order valence-corrected chi connectivity index (χ4v) is 1.43.